The highest BCUT2D eigenvalue weighted by Crippen LogP contribution is 2.24. The van der Waals surface area contributed by atoms with Crippen molar-refractivity contribution >= 4 is 15.9 Å². The number of nitrogens with one attached hydrogen (secondary N) is 1. The number of hydrogen-bond acceptors (Lipinski definition) is 3. The lowest BCUT2D eigenvalue weighted by molar-refractivity contribution is 0.544. The third-order valence-electron chi connectivity index (χ3n) is 2.90. The van der Waals surface area contributed by atoms with Crippen molar-refractivity contribution in [2.45, 2.75) is 19.4 Å². The topological polar surface area (TPSA) is 37.8 Å². The van der Waals surface area contributed by atoms with Crippen LogP contribution >= 0.6 is 15.9 Å². The van der Waals surface area contributed by atoms with Gasteiger partial charge in [-0.05, 0) is 42.3 Å². The smallest absolute Gasteiger partial charge is 0.124 e. The lowest BCUT2D eigenvalue weighted by Gasteiger charge is -2.18. The second-order valence-electron chi connectivity index (χ2n) is 4.23. The molecule has 2 aromatic rings. The van der Waals surface area contributed by atoms with Crippen molar-refractivity contribution < 1.29 is 4.39 Å². The Morgan fingerprint density at radius 1 is 1.32 bits per heavy atom. The van der Waals surface area contributed by atoms with Gasteiger partial charge in [0.15, 0.2) is 0 Å². The second-order valence-corrected chi connectivity index (χ2v) is 5.08. The molecule has 0 bridgehead atoms. The molecule has 1 atom stereocenters. The van der Waals surface area contributed by atoms with E-state index in [1.807, 2.05) is 6.07 Å². The number of hydrogen-bond donors (Lipinski definition) is 1. The third-order valence-corrected chi connectivity index (χ3v) is 3.64. The second kappa shape index (κ2) is 6.73. The number of rotatable bonds is 5. The average Bonchev–Trinajstić information content (AvgIpc) is 2.42. The van der Waals surface area contributed by atoms with Gasteiger partial charge < -0.3 is 5.32 Å². The molecule has 0 amide bonds. The molecular formula is C14H15BrFN3. The zero-order chi connectivity index (χ0) is 13.7. The first-order valence-electron chi connectivity index (χ1n) is 6.14. The van der Waals surface area contributed by atoms with Crippen LogP contribution in [0, 0.1) is 5.82 Å². The molecule has 1 aromatic heterocycles. The summed E-state index contributed by atoms with van der Waals surface area (Å²) in [5.41, 5.74) is 2.14. The standard InChI is InChI=1S/C14H15BrFN3/c1-2-17-14(11-5-6-18-19-9-11)7-10-3-4-12(16)8-13(10)15/h3-6,8-9,14,17H,2,7H2,1H3. The first-order valence-corrected chi connectivity index (χ1v) is 6.94. The van der Waals surface area contributed by atoms with E-state index in [2.05, 4.69) is 38.4 Å². The monoisotopic (exact) mass is 323 g/mol. The summed E-state index contributed by atoms with van der Waals surface area (Å²) in [4.78, 5) is 0. The zero-order valence-electron chi connectivity index (χ0n) is 10.6. The van der Waals surface area contributed by atoms with E-state index in [-0.39, 0.29) is 11.9 Å². The normalized spacial score (nSPS) is 12.4. The van der Waals surface area contributed by atoms with Gasteiger partial charge in [0.2, 0.25) is 0 Å². The molecule has 0 radical (unpaired) electrons. The summed E-state index contributed by atoms with van der Waals surface area (Å²) in [6, 6.07) is 6.86. The predicted molar refractivity (Wildman–Crippen MR) is 76.3 cm³/mol. The van der Waals surface area contributed by atoms with Crippen LogP contribution in [0.25, 0.3) is 0 Å². The maximum Gasteiger partial charge on any atom is 0.124 e. The van der Waals surface area contributed by atoms with Crippen LogP contribution in [0.15, 0.2) is 41.1 Å². The largest absolute Gasteiger partial charge is 0.310 e. The summed E-state index contributed by atoms with van der Waals surface area (Å²) in [7, 11) is 0. The lowest BCUT2D eigenvalue weighted by Crippen LogP contribution is -2.23. The van der Waals surface area contributed by atoms with Gasteiger partial charge >= 0.3 is 0 Å². The van der Waals surface area contributed by atoms with Crippen LogP contribution in [-0.4, -0.2) is 16.7 Å². The predicted octanol–water partition coefficient (Wildman–Crippen LogP) is 3.27. The lowest BCUT2D eigenvalue weighted by atomic mass is 10.0. The van der Waals surface area contributed by atoms with E-state index in [0.29, 0.717) is 0 Å². The van der Waals surface area contributed by atoms with Gasteiger partial charge in [-0.25, -0.2) is 4.39 Å². The van der Waals surface area contributed by atoms with Gasteiger partial charge in [-0.3, -0.25) is 0 Å². The van der Waals surface area contributed by atoms with Crippen LogP contribution in [-0.2, 0) is 6.42 Å². The van der Waals surface area contributed by atoms with Crippen LogP contribution in [0.4, 0.5) is 4.39 Å². The van der Waals surface area contributed by atoms with E-state index in [0.717, 1.165) is 28.6 Å². The molecule has 1 heterocycles. The van der Waals surface area contributed by atoms with Crippen molar-refractivity contribution in [3.63, 3.8) is 0 Å². The zero-order valence-corrected chi connectivity index (χ0v) is 12.2. The number of halogens is 2. The molecule has 0 saturated carbocycles. The Morgan fingerprint density at radius 3 is 2.79 bits per heavy atom. The molecule has 19 heavy (non-hydrogen) atoms. The maximum atomic E-state index is 13.1. The van der Waals surface area contributed by atoms with E-state index >= 15 is 0 Å². The van der Waals surface area contributed by atoms with E-state index < -0.39 is 0 Å². The number of aromatic nitrogens is 2. The molecular weight excluding hydrogens is 309 g/mol. The van der Waals surface area contributed by atoms with Crippen LogP contribution in [0.1, 0.15) is 24.1 Å². The van der Waals surface area contributed by atoms with Crippen molar-refractivity contribution in [1.29, 1.82) is 0 Å². The quantitative estimate of drug-likeness (QED) is 0.917. The maximum absolute atomic E-state index is 13.1. The third kappa shape index (κ3) is 3.81. The Labute approximate surface area is 120 Å². The molecule has 1 aromatic carbocycles. The highest BCUT2D eigenvalue weighted by Gasteiger charge is 2.13. The minimum absolute atomic E-state index is 0.141. The molecule has 1 N–H and O–H groups in total. The Hall–Kier alpha value is -1.33. The van der Waals surface area contributed by atoms with E-state index in [4.69, 9.17) is 0 Å². The summed E-state index contributed by atoms with van der Waals surface area (Å²) < 4.78 is 13.9. The summed E-state index contributed by atoms with van der Waals surface area (Å²) >= 11 is 3.40. The summed E-state index contributed by atoms with van der Waals surface area (Å²) in [5.74, 6) is -0.235. The molecule has 0 aliphatic rings. The Bertz CT molecular complexity index is 533. The van der Waals surface area contributed by atoms with Gasteiger partial charge in [-0.15, -0.1) is 0 Å². The minimum atomic E-state index is -0.235. The highest BCUT2D eigenvalue weighted by molar-refractivity contribution is 9.10. The molecule has 3 nitrogen and oxygen atoms in total. The first kappa shape index (κ1) is 14.1. The minimum Gasteiger partial charge on any atom is -0.310 e. The van der Waals surface area contributed by atoms with Crippen molar-refractivity contribution in [2.24, 2.45) is 0 Å². The van der Waals surface area contributed by atoms with E-state index in [9.17, 15) is 4.39 Å². The fraction of sp³-hybridized carbons (Fsp3) is 0.286. The molecule has 2 rings (SSSR count). The SMILES string of the molecule is CCNC(Cc1ccc(F)cc1Br)c1ccnnc1. The molecule has 0 fully saturated rings. The Morgan fingerprint density at radius 2 is 2.16 bits per heavy atom. The fourth-order valence-corrected chi connectivity index (χ4v) is 2.48. The highest BCUT2D eigenvalue weighted by atomic mass is 79.9. The number of likely N-dealkylation sites (N-methyl/N-ethyl adjacent to an activating group) is 1. The first-order chi connectivity index (χ1) is 9.20. The summed E-state index contributed by atoms with van der Waals surface area (Å²) in [5, 5.41) is 11.1. The molecule has 0 aliphatic heterocycles. The van der Waals surface area contributed by atoms with Gasteiger partial charge in [-0.1, -0.05) is 28.9 Å². The van der Waals surface area contributed by atoms with Crippen LogP contribution in [0.2, 0.25) is 0 Å². The molecule has 0 aliphatic carbocycles. The van der Waals surface area contributed by atoms with Gasteiger partial charge in [0.05, 0.1) is 6.20 Å². The summed E-state index contributed by atoms with van der Waals surface area (Å²) in [6.45, 7) is 2.91. The molecule has 5 heteroatoms. The van der Waals surface area contributed by atoms with Crippen molar-refractivity contribution in [3.8, 4) is 0 Å². The van der Waals surface area contributed by atoms with E-state index in [1.165, 1.54) is 12.1 Å². The average molecular weight is 324 g/mol. The van der Waals surface area contributed by atoms with Crippen LogP contribution < -0.4 is 5.32 Å². The van der Waals surface area contributed by atoms with Gasteiger partial charge in [-0.2, -0.15) is 10.2 Å². The van der Waals surface area contributed by atoms with Crippen molar-refractivity contribution in [1.82, 2.24) is 15.5 Å². The molecule has 100 valence electrons. The van der Waals surface area contributed by atoms with Gasteiger partial charge in [0.25, 0.3) is 0 Å². The van der Waals surface area contributed by atoms with E-state index in [1.54, 1.807) is 18.5 Å². The molecule has 0 spiro atoms. The number of nitrogens with zero attached hydrogens (tertiary/aromatic N) is 2. The van der Waals surface area contributed by atoms with Crippen LogP contribution in [0.5, 0.6) is 0 Å². The molecule has 1 unspecified atom stereocenters. The van der Waals surface area contributed by atoms with Crippen LogP contribution in [0.3, 0.4) is 0 Å². The van der Waals surface area contributed by atoms with Gasteiger partial charge in [0.1, 0.15) is 5.82 Å². The van der Waals surface area contributed by atoms with Crippen molar-refractivity contribution in [3.05, 3.63) is 58.1 Å². The van der Waals surface area contributed by atoms with Gasteiger partial charge in [0, 0.05) is 16.7 Å². The Balaban J connectivity index is 2.21. The fourth-order valence-electron chi connectivity index (χ4n) is 1.97. The molecule has 0 saturated heterocycles. The summed E-state index contributed by atoms with van der Waals surface area (Å²) in [6.07, 6.45) is 4.20. The Kier molecular flexibility index (Phi) is 4.99. The van der Waals surface area contributed by atoms with Crippen molar-refractivity contribution in [2.75, 3.05) is 6.54 Å². The number of benzene rings is 1.